The van der Waals surface area contributed by atoms with Gasteiger partial charge in [-0.1, -0.05) is 12.8 Å². The highest BCUT2D eigenvalue weighted by atomic mass is 19.4. The summed E-state index contributed by atoms with van der Waals surface area (Å²) in [5, 5.41) is 9.48. The van der Waals surface area contributed by atoms with Crippen LogP contribution in [0.1, 0.15) is 38.2 Å². The number of hydrogen-bond acceptors (Lipinski definition) is 4. The number of anilines is 1. The number of carboxylic acids is 1. The van der Waals surface area contributed by atoms with Crippen molar-refractivity contribution < 1.29 is 32.6 Å². The summed E-state index contributed by atoms with van der Waals surface area (Å²) in [5.41, 5.74) is -0.0835. The van der Waals surface area contributed by atoms with Crippen molar-refractivity contribution in [3.05, 3.63) is 54.4 Å². The van der Waals surface area contributed by atoms with E-state index >= 15 is 0 Å². The molecule has 2 unspecified atom stereocenters. The SMILES string of the molecule is CC(C(=O)O)C1CN(CCCCCCOc2ccc(C(F)(F)F)cc2)C(=O)N1c1ccncc1. The number of alkyl halides is 3. The van der Waals surface area contributed by atoms with Gasteiger partial charge >= 0.3 is 18.2 Å². The molecule has 3 rings (SSSR count). The zero-order valence-corrected chi connectivity index (χ0v) is 18.9. The monoisotopic (exact) mass is 479 g/mol. The van der Waals surface area contributed by atoms with E-state index in [0.717, 1.165) is 37.8 Å². The van der Waals surface area contributed by atoms with Gasteiger partial charge in [-0.3, -0.25) is 14.7 Å². The molecule has 1 fully saturated rings. The number of ether oxygens (including phenoxy) is 1. The summed E-state index contributed by atoms with van der Waals surface area (Å²) >= 11 is 0. The minimum atomic E-state index is -4.36. The lowest BCUT2D eigenvalue weighted by molar-refractivity contribution is -0.141. The first-order valence-electron chi connectivity index (χ1n) is 11.2. The molecule has 2 atom stereocenters. The molecule has 2 aromatic rings. The van der Waals surface area contributed by atoms with E-state index in [1.165, 1.54) is 12.1 Å². The van der Waals surface area contributed by atoms with Gasteiger partial charge in [-0.05, 0) is 56.2 Å². The summed E-state index contributed by atoms with van der Waals surface area (Å²) in [5.74, 6) is -1.28. The lowest BCUT2D eigenvalue weighted by Crippen LogP contribution is -2.41. The molecule has 0 aliphatic carbocycles. The van der Waals surface area contributed by atoms with Gasteiger partial charge in [-0.2, -0.15) is 13.2 Å². The second kappa shape index (κ2) is 11.2. The van der Waals surface area contributed by atoms with Gasteiger partial charge in [-0.15, -0.1) is 0 Å². The predicted octanol–water partition coefficient (Wildman–Crippen LogP) is 5.07. The summed E-state index contributed by atoms with van der Waals surface area (Å²) in [6.45, 7) is 2.85. The number of pyridine rings is 1. The zero-order chi connectivity index (χ0) is 24.7. The van der Waals surface area contributed by atoms with Crippen molar-refractivity contribution in [1.29, 1.82) is 0 Å². The van der Waals surface area contributed by atoms with Crippen LogP contribution in [0, 0.1) is 5.92 Å². The topological polar surface area (TPSA) is 83.0 Å². The van der Waals surface area contributed by atoms with E-state index in [-0.39, 0.29) is 6.03 Å². The first-order valence-corrected chi connectivity index (χ1v) is 11.2. The third-order valence-electron chi connectivity index (χ3n) is 5.90. The third kappa shape index (κ3) is 6.39. The Morgan fingerprint density at radius 2 is 1.76 bits per heavy atom. The Labute approximate surface area is 196 Å². The second-order valence-corrected chi connectivity index (χ2v) is 8.28. The molecule has 2 amide bonds. The minimum Gasteiger partial charge on any atom is -0.494 e. The minimum absolute atomic E-state index is 0.213. The zero-order valence-electron chi connectivity index (χ0n) is 18.9. The maximum absolute atomic E-state index is 13.0. The van der Waals surface area contributed by atoms with Crippen molar-refractivity contribution in [2.75, 3.05) is 24.6 Å². The number of nitrogens with zero attached hydrogens (tertiary/aromatic N) is 3. The van der Waals surface area contributed by atoms with Crippen LogP contribution >= 0.6 is 0 Å². The van der Waals surface area contributed by atoms with E-state index < -0.39 is 29.7 Å². The summed E-state index contributed by atoms with van der Waals surface area (Å²) in [6, 6.07) is 7.32. The van der Waals surface area contributed by atoms with Crippen molar-refractivity contribution in [3.63, 3.8) is 0 Å². The standard InChI is InChI=1S/C24H28F3N3O4/c1-17(22(31)32)21-16-29(23(33)30(21)19-10-12-28-13-11-19)14-4-2-3-5-15-34-20-8-6-18(7-9-20)24(25,26)27/h6-13,17,21H,2-5,14-16H2,1H3,(H,31,32). The number of hydrogen-bond donors (Lipinski definition) is 1. The number of benzene rings is 1. The highest BCUT2D eigenvalue weighted by Gasteiger charge is 2.42. The number of urea groups is 1. The molecule has 1 aromatic carbocycles. The number of rotatable bonds is 11. The summed E-state index contributed by atoms with van der Waals surface area (Å²) in [7, 11) is 0. The number of carboxylic acid groups (broad SMARTS) is 1. The number of amides is 2. The number of aromatic nitrogens is 1. The van der Waals surface area contributed by atoms with Crippen molar-refractivity contribution in [3.8, 4) is 5.75 Å². The van der Waals surface area contributed by atoms with Crippen LogP contribution < -0.4 is 9.64 Å². The molecule has 1 aliphatic rings. The highest BCUT2D eigenvalue weighted by Crippen LogP contribution is 2.31. The van der Waals surface area contributed by atoms with Crippen LogP contribution in [0.3, 0.4) is 0 Å². The van der Waals surface area contributed by atoms with Gasteiger partial charge in [0.2, 0.25) is 0 Å². The fourth-order valence-electron chi connectivity index (χ4n) is 3.91. The molecular weight excluding hydrogens is 451 g/mol. The molecule has 0 radical (unpaired) electrons. The molecule has 0 saturated carbocycles. The Bertz CT molecular complexity index is 954. The van der Waals surface area contributed by atoms with E-state index in [0.29, 0.717) is 31.1 Å². The average molecular weight is 479 g/mol. The molecule has 10 heteroatoms. The predicted molar refractivity (Wildman–Crippen MR) is 120 cm³/mol. The maximum atomic E-state index is 13.0. The maximum Gasteiger partial charge on any atom is 0.416 e. The van der Waals surface area contributed by atoms with Crippen LogP contribution in [0.4, 0.5) is 23.7 Å². The van der Waals surface area contributed by atoms with E-state index in [1.54, 1.807) is 41.2 Å². The lowest BCUT2D eigenvalue weighted by Gasteiger charge is -2.25. The van der Waals surface area contributed by atoms with Crippen molar-refractivity contribution >= 4 is 17.7 Å². The molecule has 7 nitrogen and oxygen atoms in total. The highest BCUT2D eigenvalue weighted by molar-refractivity contribution is 5.96. The lowest BCUT2D eigenvalue weighted by atomic mass is 10.0. The normalized spacial score (nSPS) is 17.2. The van der Waals surface area contributed by atoms with Crippen molar-refractivity contribution in [2.45, 2.75) is 44.8 Å². The van der Waals surface area contributed by atoms with Crippen molar-refractivity contribution in [2.24, 2.45) is 5.92 Å². The third-order valence-corrected chi connectivity index (χ3v) is 5.90. The number of carbonyl (C=O) groups is 2. The number of unbranched alkanes of at least 4 members (excludes halogenated alkanes) is 3. The number of carbonyl (C=O) groups excluding carboxylic acids is 1. The van der Waals surface area contributed by atoms with Gasteiger partial charge in [0.05, 0.1) is 24.1 Å². The van der Waals surface area contributed by atoms with E-state index in [1.807, 2.05) is 0 Å². The van der Waals surface area contributed by atoms with E-state index in [4.69, 9.17) is 4.74 Å². The molecule has 184 valence electrons. The van der Waals surface area contributed by atoms with Gasteiger partial charge in [0.15, 0.2) is 0 Å². The molecule has 1 N–H and O–H groups in total. The van der Waals surface area contributed by atoms with Gasteiger partial charge in [-0.25, -0.2) is 4.79 Å². The number of aliphatic carboxylic acids is 1. The summed E-state index contributed by atoms with van der Waals surface area (Å²) < 4.78 is 43.3. The smallest absolute Gasteiger partial charge is 0.416 e. The molecule has 2 heterocycles. The molecule has 1 aliphatic heterocycles. The first-order chi connectivity index (χ1) is 16.2. The number of halogens is 3. The van der Waals surface area contributed by atoms with Gasteiger partial charge in [0.25, 0.3) is 0 Å². The van der Waals surface area contributed by atoms with Gasteiger partial charge < -0.3 is 14.7 Å². The Balaban J connectivity index is 1.42. The summed E-state index contributed by atoms with van der Waals surface area (Å²) in [4.78, 5) is 31.8. The first kappa shape index (κ1) is 25.3. The van der Waals surface area contributed by atoms with E-state index in [2.05, 4.69) is 4.98 Å². The summed E-state index contributed by atoms with van der Waals surface area (Å²) in [6.07, 6.45) is 1.94. The van der Waals surface area contributed by atoms with Crippen LogP contribution in [0.25, 0.3) is 0 Å². The largest absolute Gasteiger partial charge is 0.494 e. The fourth-order valence-corrected chi connectivity index (χ4v) is 3.91. The van der Waals surface area contributed by atoms with Gasteiger partial charge in [0.1, 0.15) is 5.75 Å². The van der Waals surface area contributed by atoms with Gasteiger partial charge in [0, 0.05) is 31.2 Å². The molecular formula is C24H28F3N3O4. The van der Waals surface area contributed by atoms with Crippen LogP contribution in [0.15, 0.2) is 48.8 Å². The van der Waals surface area contributed by atoms with Crippen LogP contribution in [-0.4, -0.2) is 52.7 Å². The van der Waals surface area contributed by atoms with Crippen LogP contribution in [-0.2, 0) is 11.0 Å². The molecule has 0 bridgehead atoms. The Morgan fingerprint density at radius 1 is 1.12 bits per heavy atom. The van der Waals surface area contributed by atoms with E-state index in [9.17, 15) is 27.9 Å². The van der Waals surface area contributed by atoms with Crippen LogP contribution in [0.5, 0.6) is 5.75 Å². The molecule has 1 aromatic heterocycles. The Morgan fingerprint density at radius 3 is 2.38 bits per heavy atom. The molecule has 1 saturated heterocycles. The fraction of sp³-hybridized carbons (Fsp3) is 0.458. The second-order valence-electron chi connectivity index (χ2n) is 8.28. The quantitative estimate of drug-likeness (QED) is 0.455. The molecule has 0 spiro atoms. The van der Waals surface area contributed by atoms with Crippen molar-refractivity contribution in [1.82, 2.24) is 9.88 Å². The Kier molecular flexibility index (Phi) is 8.36. The Hall–Kier alpha value is -3.30. The average Bonchev–Trinajstić information content (AvgIpc) is 3.14. The molecule has 34 heavy (non-hydrogen) atoms. The van der Waals surface area contributed by atoms with Crippen LogP contribution in [0.2, 0.25) is 0 Å².